The lowest BCUT2D eigenvalue weighted by Gasteiger charge is -2.12. The molecular formula is C22H20F2N2O4S. The molecule has 0 heterocycles. The second-order valence-electron chi connectivity index (χ2n) is 6.70. The molecule has 0 fully saturated rings. The lowest BCUT2D eigenvalue weighted by Crippen LogP contribution is -2.23. The molecule has 0 saturated heterocycles. The molecule has 3 aromatic carbocycles. The van der Waals surface area contributed by atoms with Gasteiger partial charge in [-0.15, -0.1) is 0 Å². The first kappa shape index (κ1) is 22.4. The highest BCUT2D eigenvalue weighted by Gasteiger charge is 2.16. The van der Waals surface area contributed by atoms with Crippen molar-refractivity contribution in [3.05, 3.63) is 89.5 Å². The van der Waals surface area contributed by atoms with Crippen molar-refractivity contribution < 1.29 is 26.7 Å². The van der Waals surface area contributed by atoms with Crippen LogP contribution in [0.2, 0.25) is 0 Å². The number of ether oxygens (including phenoxy) is 1. The third-order valence-corrected chi connectivity index (χ3v) is 5.73. The Bertz CT molecular complexity index is 1190. The van der Waals surface area contributed by atoms with E-state index in [4.69, 9.17) is 4.74 Å². The fraction of sp³-hybridized carbons (Fsp3) is 0.136. The Morgan fingerprint density at radius 2 is 1.71 bits per heavy atom. The Hall–Kier alpha value is -3.30. The molecule has 0 aliphatic rings. The number of carbonyl (C=O) groups excluding carboxylic acids is 1. The molecule has 0 bridgehead atoms. The molecule has 2 N–H and O–H groups in total. The summed E-state index contributed by atoms with van der Waals surface area (Å²) in [5, 5.41) is 2.39. The van der Waals surface area contributed by atoms with Crippen LogP contribution >= 0.6 is 0 Å². The lowest BCUT2D eigenvalue weighted by atomic mass is 10.2. The van der Waals surface area contributed by atoms with Gasteiger partial charge in [-0.25, -0.2) is 21.9 Å². The SMILES string of the molecule is Cc1cc(S(=O)(=O)NCc2ccccc2)ccc1OCC(=O)Nc1ccc(F)c(F)c1. The summed E-state index contributed by atoms with van der Waals surface area (Å²) in [6, 6.07) is 16.4. The molecule has 0 saturated carbocycles. The number of halogens is 2. The Morgan fingerprint density at radius 3 is 2.39 bits per heavy atom. The van der Waals surface area contributed by atoms with E-state index in [1.165, 1.54) is 24.3 Å². The fourth-order valence-electron chi connectivity index (χ4n) is 2.72. The van der Waals surface area contributed by atoms with Crippen molar-refractivity contribution in [3.63, 3.8) is 0 Å². The van der Waals surface area contributed by atoms with E-state index in [0.717, 1.165) is 17.7 Å². The van der Waals surface area contributed by atoms with Crippen LogP contribution in [0.1, 0.15) is 11.1 Å². The summed E-state index contributed by atoms with van der Waals surface area (Å²) in [7, 11) is -3.73. The van der Waals surface area contributed by atoms with Crippen LogP contribution < -0.4 is 14.8 Å². The molecule has 0 aliphatic heterocycles. The zero-order valence-corrected chi connectivity index (χ0v) is 17.4. The van der Waals surface area contributed by atoms with Crippen molar-refractivity contribution in [2.75, 3.05) is 11.9 Å². The van der Waals surface area contributed by atoms with Gasteiger partial charge in [-0.3, -0.25) is 4.79 Å². The maximum absolute atomic E-state index is 13.2. The van der Waals surface area contributed by atoms with Crippen molar-refractivity contribution in [1.29, 1.82) is 0 Å². The number of hydrogen-bond acceptors (Lipinski definition) is 4. The van der Waals surface area contributed by atoms with E-state index in [0.29, 0.717) is 11.3 Å². The van der Waals surface area contributed by atoms with Crippen LogP contribution in [0.4, 0.5) is 14.5 Å². The van der Waals surface area contributed by atoms with Crippen molar-refractivity contribution in [2.45, 2.75) is 18.4 Å². The largest absolute Gasteiger partial charge is 0.483 e. The molecule has 0 radical (unpaired) electrons. The van der Waals surface area contributed by atoms with Crippen molar-refractivity contribution in [1.82, 2.24) is 4.72 Å². The molecule has 1 amide bonds. The van der Waals surface area contributed by atoms with Gasteiger partial charge in [-0.1, -0.05) is 30.3 Å². The number of anilines is 1. The normalized spacial score (nSPS) is 11.2. The molecule has 0 aromatic heterocycles. The summed E-state index contributed by atoms with van der Waals surface area (Å²) >= 11 is 0. The van der Waals surface area contributed by atoms with Gasteiger partial charge in [0.15, 0.2) is 18.2 Å². The third kappa shape index (κ3) is 6.09. The minimum atomic E-state index is -3.73. The summed E-state index contributed by atoms with van der Waals surface area (Å²) in [6.45, 7) is 1.42. The highest BCUT2D eigenvalue weighted by Crippen LogP contribution is 2.22. The number of aryl methyl sites for hydroxylation is 1. The first-order valence-corrected chi connectivity index (χ1v) is 10.7. The van der Waals surface area contributed by atoms with Gasteiger partial charge in [0, 0.05) is 18.3 Å². The van der Waals surface area contributed by atoms with Gasteiger partial charge in [-0.05, 0) is 48.4 Å². The van der Waals surface area contributed by atoms with E-state index in [-0.39, 0.29) is 17.1 Å². The minimum absolute atomic E-state index is 0.0690. The molecule has 6 nitrogen and oxygen atoms in total. The molecule has 31 heavy (non-hydrogen) atoms. The molecule has 3 rings (SSSR count). The predicted molar refractivity (Wildman–Crippen MR) is 112 cm³/mol. The predicted octanol–water partition coefficient (Wildman–Crippen LogP) is 3.77. The Balaban J connectivity index is 1.59. The maximum atomic E-state index is 13.2. The number of nitrogens with one attached hydrogen (secondary N) is 2. The van der Waals surface area contributed by atoms with Crippen LogP contribution in [-0.4, -0.2) is 20.9 Å². The lowest BCUT2D eigenvalue weighted by molar-refractivity contribution is -0.118. The van der Waals surface area contributed by atoms with Crippen LogP contribution in [0, 0.1) is 18.6 Å². The van der Waals surface area contributed by atoms with Gasteiger partial charge in [0.1, 0.15) is 5.75 Å². The average Bonchev–Trinajstić information content (AvgIpc) is 2.75. The van der Waals surface area contributed by atoms with E-state index in [2.05, 4.69) is 10.0 Å². The number of benzene rings is 3. The van der Waals surface area contributed by atoms with Crippen LogP contribution in [0.3, 0.4) is 0 Å². The Kier molecular flexibility index (Phi) is 6.98. The third-order valence-electron chi connectivity index (χ3n) is 4.33. The number of carbonyl (C=O) groups is 1. The molecular weight excluding hydrogens is 426 g/mol. The standard InChI is InChI=1S/C22H20F2N2O4S/c1-15-11-18(31(28,29)25-13-16-5-3-2-4-6-16)8-10-21(15)30-14-22(27)26-17-7-9-19(23)20(24)12-17/h2-12,25H,13-14H2,1H3,(H,26,27). The topological polar surface area (TPSA) is 84.5 Å². The average molecular weight is 446 g/mol. The highest BCUT2D eigenvalue weighted by atomic mass is 32.2. The van der Waals surface area contributed by atoms with Crippen LogP contribution in [0.15, 0.2) is 71.6 Å². The molecule has 9 heteroatoms. The summed E-state index contributed by atoms with van der Waals surface area (Å²) < 4.78 is 59.1. The zero-order chi connectivity index (χ0) is 22.4. The number of rotatable bonds is 8. The molecule has 0 atom stereocenters. The molecule has 0 unspecified atom stereocenters. The van der Waals surface area contributed by atoms with Crippen molar-refractivity contribution in [3.8, 4) is 5.75 Å². The second kappa shape index (κ2) is 9.67. The van der Waals surface area contributed by atoms with E-state index in [1.807, 2.05) is 30.3 Å². The van der Waals surface area contributed by atoms with Crippen molar-refractivity contribution in [2.24, 2.45) is 0 Å². The van der Waals surface area contributed by atoms with Gasteiger partial charge in [0.25, 0.3) is 5.91 Å². The van der Waals surface area contributed by atoms with Gasteiger partial charge in [-0.2, -0.15) is 0 Å². The van der Waals surface area contributed by atoms with E-state index in [1.54, 1.807) is 6.92 Å². The highest BCUT2D eigenvalue weighted by molar-refractivity contribution is 7.89. The van der Waals surface area contributed by atoms with Crippen LogP contribution in [-0.2, 0) is 21.4 Å². The monoisotopic (exact) mass is 446 g/mol. The number of sulfonamides is 1. The van der Waals surface area contributed by atoms with E-state index >= 15 is 0 Å². The van der Waals surface area contributed by atoms with Gasteiger partial charge in [0.2, 0.25) is 10.0 Å². The van der Waals surface area contributed by atoms with E-state index < -0.39 is 34.2 Å². The van der Waals surface area contributed by atoms with Gasteiger partial charge in [0.05, 0.1) is 4.90 Å². The molecule has 0 aliphatic carbocycles. The fourth-order valence-corrected chi connectivity index (χ4v) is 3.83. The van der Waals surface area contributed by atoms with Crippen LogP contribution in [0.25, 0.3) is 0 Å². The number of hydrogen-bond donors (Lipinski definition) is 2. The zero-order valence-electron chi connectivity index (χ0n) is 16.6. The Labute approximate surface area is 178 Å². The van der Waals surface area contributed by atoms with Gasteiger partial charge >= 0.3 is 0 Å². The summed E-state index contributed by atoms with van der Waals surface area (Å²) in [4.78, 5) is 12.1. The summed E-state index contributed by atoms with van der Waals surface area (Å²) in [6.07, 6.45) is 0. The molecule has 3 aromatic rings. The minimum Gasteiger partial charge on any atom is -0.483 e. The smallest absolute Gasteiger partial charge is 0.262 e. The maximum Gasteiger partial charge on any atom is 0.262 e. The second-order valence-corrected chi connectivity index (χ2v) is 8.47. The van der Waals surface area contributed by atoms with Crippen molar-refractivity contribution >= 4 is 21.6 Å². The molecule has 0 spiro atoms. The Morgan fingerprint density at radius 1 is 0.968 bits per heavy atom. The van der Waals surface area contributed by atoms with Crippen LogP contribution in [0.5, 0.6) is 5.75 Å². The first-order chi connectivity index (χ1) is 14.7. The van der Waals surface area contributed by atoms with Gasteiger partial charge < -0.3 is 10.1 Å². The summed E-state index contributed by atoms with van der Waals surface area (Å²) in [5.41, 5.74) is 1.44. The van der Waals surface area contributed by atoms with E-state index in [9.17, 15) is 22.0 Å². The molecule has 162 valence electrons. The summed E-state index contributed by atoms with van der Waals surface area (Å²) in [5.74, 6) is -2.35. The first-order valence-electron chi connectivity index (χ1n) is 9.26. The quantitative estimate of drug-likeness (QED) is 0.552. The number of amides is 1.